The summed E-state index contributed by atoms with van der Waals surface area (Å²) in [5.74, 6) is 0. The third-order valence-electron chi connectivity index (χ3n) is 6.39. The number of benzene rings is 6. The Morgan fingerprint density at radius 3 is 1.83 bits per heavy atom. The molecule has 0 unspecified atom stereocenters. The second-order valence-corrected chi connectivity index (χ2v) is 8.07. The minimum atomic E-state index is 1.11. The fourth-order valence-electron chi connectivity index (χ4n) is 4.99. The van der Waals surface area contributed by atoms with Gasteiger partial charge in [0.15, 0.2) is 0 Å². The Morgan fingerprint density at radius 2 is 0.966 bits per heavy atom. The predicted octanol–water partition coefficient (Wildman–Crippen LogP) is 7.91. The molecule has 0 bridgehead atoms. The van der Waals surface area contributed by atoms with Crippen LogP contribution in [-0.4, -0.2) is 0 Å². The van der Waals surface area contributed by atoms with Crippen molar-refractivity contribution in [2.45, 2.75) is 19.3 Å². The highest BCUT2D eigenvalue weighted by molar-refractivity contribution is 6.23. The summed E-state index contributed by atoms with van der Waals surface area (Å²) in [5, 5.41) is 11.0. The molecule has 0 N–H and O–H groups in total. The van der Waals surface area contributed by atoms with Crippen molar-refractivity contribution in [3.8, 4) is 0 Å². The van der Waals surface area contributed by atoms with Gasteiger partial charge in [-0.15, -0.1) is 0 Å². The lowest BCUT2D eigenvalue weighted by molar-refractivity contribution is 0.830. The van der Waals surface area contributed by atoms with Crippen LogP contribution in [0.2, 0.25) is 0 Å². The van der Waals surface area contributed by atoms with Gasteiger partial charge in [0.2, 0.25) is 0 Å². The lowest BCUT2D eigenvalue weighted by Crippen LogP contribution is -1.94. The summed E-state index contributed by atoms with van der Waals surface area (Å²) in [6, 6.07) is 35.8. The van der Waals surface area contributed by atoms with Gasteiger partial charge in [-0.2, -0.15) is 0 Å². The van der Waals surface area contributed by atoms with E-state index in [0.717, 1.165) is 19.3 Å². The van der Waals surface area contributed by atoms with Crippen LogP contribution in [-0.2, 0) is 12.8 Å². The van der Waals surface area contributed by atoms with Gasteiger partial charge in [-0.05, 0) is 73.5 Å². The van der Waals surface area contributed by atoms with Gasteiger partial charge in [0, 0.05) is 0 Å². The van der Waals surface area contributed by atoms with E-state index in [-0.39, 0.29) is 0 Å². The highest BCUT2D eigenvalue weighted by Gasteiger charge is 2.10. The molecule has 0 saturated heterocycles. The summed E-state index contributed by atoms with van der Waals surface area (Å²) in [6.07, 6.45) is 3.39. The smallest absolute Gasteiger partial charge is 0.00240 e. The number of hydrogen-bond acceptors (Lipinski definition) is 0. The van der Waals surface area contributed by atoms with Crippen molar-refractivity contribution in [3.05, 3.63) is 108 Å². The Balaban J connectivity index is 1.37. The highest BCUT2D eigenvalue weighted by atomic mass is 14.1. The molecular weight excluding hydrogens is 348 g/mol. The van der Waals surface area contributed by atoms with Crippen molar-refractivity contribution in [1.82, 2.24) is 0 Å². The standard InChI is InChI=1S/C29H22/c1-2-13-26-20(6-1)7-3-8-21(26)9-4-10-22-14-15-25-17-16-23-11-5-12-24-18-19-27(22)29(25)28(23)24/h1-3,5-8,11-19H,4,9-10H2. The predicted molar refractivity (Wildman–Crippen MR) is 126 cm³/mol. The first kappa shape index (κ1) is 16.6. The van der Waals surface area contributed by atoms with Gasteiger partial charge in [0.1, 0.15) is 0 Å². The molecule has 6 aromatic rings. The second-order valence-electron chi connectivity index (χ2n) is 8.07. The first-order valence-electron chi connectivity index (χ1n) is 10.5. The van der Waals surface area contributed by atoms with Crippen molar-refractivity contribution in [2.24, 2.45) is 0 Å². The van der Waals surface area contributed by atoms with Crippen LogP contribution in [0, 0.1) is 0 Å². The van der Waals surface area contributed by atoms with Gasteiger partial charge in [-0.1, -0.05) is 97.1 Å². The molecule has 0 atom stereocenters. The molecule has 6 aromatic carbocycles. The average molecular weight is 370 g/mol. The summed E-state index contributed by atoms with van der Waals surface area (Å²) in [7, 11) is 0. The van der Waals surface area contributed by atoms with Gasteiger partial charge < -0.3 is 0 Å². The SMILES string of the molecule is c1ccc2c(CCCc3ccc4ccc5cccc6ccc3c4c56)cccc2c1. The van der Waals surface area contributed by atoms with Crippen LogP contribution in [0.5, 0.6) is 0 Å². The molecule has 0 fully saturated rings. The Morgan fingerprint density at radius 1 is 0.379 bits per heavy atom. The topological polar surface area (TPSA) is 0 Å². The van der Waals surface area contributed by atoms with E-state index in [0.29, 0.717) is 0 Å². The van der Waals surface area contributed by atoms with Crippen molar-refractivity contribution in [3.63, 3.8) is 0 Å². The molecule has 0 amide bonds. The average Bonchev–Trinajstić information content (AvgIpc) is 2.78. The van der Waals surface area contributed by atoms with Gasteiger partial charge in [-0.25, -0.2) is 0 Å². The third-order valence-corrected chi connectivity index (χ3v) is 6.39. The third kappa shape index (κ3) is 2.68. The maximum atomic E-state index is 2.34. The van der Waals surface area contributed by atoms with Crippen LogP contribution in [0.1, 0.15) is 17.5 Å². The van der Waals surface area contributed by atoms with Crippen molar-refractivity contribution in [2.75, 3.05) is 0 Å². The zero-order valence-corrected chi connectivity index (χ0v) is 16.4. The zero-order valence-electron chi connectivity index (χ0n) is 16.4. The fourth-order valence-corrected chi connectivity index (χ4v) is 4.99. The van der Waals surface area contributed by atoms with Gasteiger partial charge in [0.05, 0.1) is 0 Å². The Kier molecular flexibility index (Phi) is 3.77. The van der Waals surface area contributed by atoms with E-state index in [2.05, 4.69) is 97.1 Å². The van der Waals surface area contributed by atoms with Gasteiger partial charge in [-0.3, -0.25) is 0 Å². The normalized spacial score (nSPS) is 11.9. The minimum absolute atomic E-state index is 1.11. The fraction of sp³-hybridized carbons (Fsp3) is 0.103. The summed E-state index contributed by atoms with van der Waals surface area (Å²) < 4.78 is 0. The summed E-state index contributed by atoms with van der Waals surface area (Å²) in [6.45, 7) is 0. The van der Waals surface area contributed by atoms with Crippen LogP contribution in [0.3, 0.4) is 0 Å². The minimum Gasteiger partial charge on any atom is -0.0616 e. The zero-order chi connectivity index (χ0) is 19.2. The largest absolute Gasteiger partial charge is 0.0616 e. The van der Waals surface area contributed by atoms with Crippen LogP contribution in [0.15, 0.2) is 97.1 Å². The number of fused-ring (bicyclic) bond motifs is 1. The van der Waals surface area contributed by atoms with E-state index in [9.17, 15) is 0 Å². The molecule has 0 aromatic heterocycles. The van der Waals surface area contributed by atoms with E-state index < -0.39 is 0 Å². The molecule has 6 rings (SSSR count). The monoisotopic (exact) mass is 370 g/mol. The molecule has 0 spiro atoms. The number of rotatable bonds is 4. The summed E-state index contributed by atoms with van der Waals surface area (Å²) >= 11 is 0. The van der Waals surface area contributed by atoms with Crippen molar-refractivity contribution in [1.29, 1.82) is 0 Å². The number of aryl methyl sites for hydroxylation is 2. The van der Waals surface area contributed by atoms with Crippen LogP contribution in [0.4, 0.5) is 0 Å². The number of hydrogen-bond donors (Lipinski definition) is 0. The van der Waals surface area contributed by atoms with Crippen molar-refractivity contribution < 1.29 is 0 Å². The summed E-state index contributed by atoms with van der Waals surface area (Å²) in [5.41, 5.74) is 2.93. The lowest BCUT2D eigenvalue weighted by Gasteiger charge is -2.14. The maximum Gasteiger partial charge on any atom is -0.00240 e. The van der Waals surface area contributed by atoms with Gasteiger partial charge in [0.25, 0.3) is 0 Å². The molecule has 0 aliphatic carbocycles. The molecule has 0 saturated carbocycles. The summed E-state index contributed by atoms with van der Waals surface area (Å²) in [4.78, 5) is 0. The van der Waals surface area contributed by atoms with E-state index in [1.54, 1.807) is 0 Å². The molecule has 0 heterocycles. The van der Waals surface area contributed by atoms with Crippen LogP contribution in [0.25, 0.3) is 43.1 Å². The molecule has 0 nitrogen and oxygen atoms in total. The van der Waals surface area contributed by atoms with E-state index in [4.69, 9.17) is 0 Å². The van der Waals surface area contributed by atoms with E-state index >= 15 is 0 Å². The van der Waals surface area contributed by atoms with Crippen molar-refractivity contribution >= 4 is 43.1 Å². The first-order valence-corrected chi connectivity index (χ1v) is 10.5. The molecule has 0 aliphatic heterocycles. The molecule has 29 heavy (non-hydrogen) atoms. The first-order chi connectivity index (χ1) is 14.4. The Labute approximate surface area is 170 Å². The Hall–Kier alpha value is -3.38. The molecule has 0 aliphatic rings. The maximum absolute atomic E-state index is 2.34. The van der Waals surface area contributed by atoms with Crippen LogP contribution < -0.4 is 0 Å². The van der Waals surface area contributed by atoms with E-state index in [1.165, 1.54) is 54.2 Å². The highest BCUT2D eigenvalue weighted by Crippen LogP contribution is 2.36. The lowest BCUT2D eigenvalue weighted by atomic mass is 9.90. The van der Waals surface area contributed by atoms with E-state index in [1.807, 2.05) is 0 Å². The molecular formula is C29H22. The Bertz CT molecular complexity index is 1450. The quantitative estimate of drug-likeness (QED) is 0.277. The molecule has 138 valence electrons. The molecule has 0 radical (unpaired) electrons. The second kappa shape index (κ2) is 6.60. The van der Waals surface area contributed by atoms with Crippen LogP contribution >= 0.6 is 0 Å². The molecule has 0 heteroatoms. The van der Waals surface area contributed by atoms with Gasteiger partial charge >= 0.3 is 0 Å².